The third-order valence-electron chi connectivity index (χ3n) is 5.28. The highest BCUT2D eigenvalue weighted by Gasteiger charge is 2.21. The first-order chi connectivity index (χ1) is 13.2. The smallest absolute Gasteiger partial charge is 0.130 e. The lowest BCUT2D eigenvalue weighted by Gasteiger charge is -2.16. The Hall–Kier alpha value is -1.91. The topological polar surface area (TPSA) is 37.4 Å². The second-order valence-corrected chi connectivity index (χ2v) is 7.75. The summed E-state index contributed by atoms with van der Waals surface area (Å²) in [5, 5.41) is 3.66. The number of hydrogen-bond donors (Lipinski definition) is 1. The van der Waals surface area contributed by atoms with E-state index in [0.717, 1.165) is 30.5 Å². The molecule has 1 N–H and O–H groups in total. The first kappa shape index (κ1) is 19.8. The Morgan fingerprint density at radius 3 is 2.74 bits per heavy atom. The molecule has 1 unspecified atom stereocenters. The van der Waals surface area contributed by atoms with Crippen molar-refractivity contribution in [3.05, 3.63) is 58.9 Å². The molecule has 1 aliphatic heterocycles. The van der Waals surface area contributed by atoms with Crippen LogP contribution in [0.3, 0.4) is 0 Å². The summed E-state index contributed by atoms with van der Waals surface area (Å²) in [7, 11) is 0. The van der Waals surface area contributed by atoms with Crippen molar-refractivity contribution in [2.24, 2.45) is 5.92 Å². The molecule has 0 saturated carbocycles. The van der Waals surface area contributed by atoms with E-state index in [1.54, 1.807) is 6.20 Å². The number of aromatic nitrogens is 1. The minimum Gasteiger partial charge on any atom is -0.487 e. The van der Waals surface area contributed by atoms with Crippen molar-refractivity contribution >= 4 is 0 Å². The van der Waals surface area contributed by atoms with E-state index >= 15 is 0 Å². The van der Waals surface area contributed by atoms with E-state index in [1.807, 2.05) is 18.2 Å². The minimum absolute atomic E-state index is 0.510. The summed E-state index contributed by atoms with van der Waals surface area (Å²) in [6.07, 6.45) is 4.39. The molecule has 2 aromatic rings. The quantitative estimate of drug-likeness (QED) is 0.724. The zero-order valence-corrected chi connectivity index (χ0v) is 17.0. The predicted molar refractivity (Wildman–Crippen MR) is 111 cm³/mol. The first-order valence-corrected chi connectivity index (χ1v) is 10.2. The summed E-state index contributed by atoms with van der Waals surface area (Å²) < 4.78 is 6.04. The van der Waals surface area contributed by atoms with Gasteiger partial charge in [-0.3, -0.25) is 4.98 Å². The molecule has 3 rings (SSSR count). The van der Waals surface area contributed by atoms with Gasteiger partial charge in [-0.1, -0.05) is 25.1 Å². The van der Waals surface area contributed by atoms with E-state index in [2.05, 4.69) is 48.1 Å². The average molecular weight is 368 g/mol. The molecule has 146 valence electrons. The number of pyridine rings is 1. The fourth-order valence-corrected chi connectivity index (χ4v) is 4.02. The zero-order valence-electron chi connectivity index (χ0n) is 17.0. The normalized spacial score (nSPS) is 17.4. The number of rotatable bonds is 9. The highest BCUT2D eigenvalue weighted by molar-refractivity contribution is 5.43. The van der Waals surface area contributed by atoms with Crippen LogP contribution >= 0.6 is 0 Å². The van der Waals surface area contributed by atoms with Crippen molar-refractivity contribution in [1.82, 2.24) is 15.2 Å². The van der Waals surface area contributed by atoms with Crippen LogP contribution in [0.5, 0.6) is 5.75 Å². The summed E-state index contributed by atoms with van der Waals surface area (Å²) >= 11 is 0. The van der Waals surface area contributed by atoms with Gasteiger partial charge in [0.1, 0.15) is 12.4 Å². The van der Waals surface area contributed by atoms with Crippen molar-refractivity contribution in [2.45, 2.75) is 46.8 Å². The van der Waals surface area contributed by atoms with Crippen LogP contribution in [0.4, 0.5) is 0 Å². The van der Waals surface area contributed by atoms with Gasteiger partial charge in [-0.05, 0) is 81.1 Å². The molecule has 1 atom stereocenters. The minimum atomic E-state index is 0.510. The Morgan fingerprint density at radius 2 is 2.04 bits per heavy atom. The highest BCUT2D eigenvalue weighted by Crippen LogP contribution is 2.26. The molecule has 0 bridgehead atoms. The third-order valence-corrected chi connectivity index (χ3v) is 5.28. The summed E-state index contributed by atoms with van der Waals surface area (Å²) in [5.41, 5.74) is 4.67. The maximum Gasteiger partial charge on any atom is 0.130 e. The van der Waals surface area contributed by atoms with Gasteiger partial charge in [0.15, 0.2) is 0 Å². The zero-order chi connectivity index (χ0) is 19.1. The number of benzene rings is 1. The molecule has 0 radical (unpaired) electrons. The van der Waals surface area contributed by atoms with Gasteiger partial charge in [0.25, 0.3) is 0 Å². The SMILES string of the molecule is CCCN1CCC(CNCc2cc(C)c(OCc3ccccn3)c(C)c2)C1. The van der Waals surface area contributed by atoms with E-state index in [-0.39, 0.29) is 0 Å². The predicted octanol–water partition coefficient (Wildman–Crippen LogP) is 4.10. The molecule has 0 spiro atoms. The number of ether oxygens (including phenoxy) is 1. The van der Waals surface area contributed by atoms with Crippen molar-refractivity contribution in [1.29, 1.82) is 0 Å². The summed E-state index contributed by atoms with van der Waals surface area (Å²) in [4.78, 5) is 6.92. The molecule has 1 aromatic carbocycles. The third kappa shape index (κ3) is 5.78. The average Bonchev–Trinajstić information content (AvgIpc) is 3.10. The van der Waals surface area contributed by atoms with E-state index in [0.29, 0.717) is 6.61 Å². The lowest BCUT2D eigenvalue weighted by molar-refractivity contribution is 0.297. The van der Waals surface area contributed by atoms with Gasteiger partial charge in [-0.2, -0.15) is 0 Å². The monoisotopic (exact) mass is 367 g/mol. The molecule has 1 aliphatic rings. The van der Waals surface area contributed by atoms with Crippen LogP contribution in [0.25, 0.3) is 0 Å². The molecule has 4 heteroatoms. The van der Waals surface area contributed by atoms with Gasteiger partial charge < -0.3 is 15.0 Å². The Morgan fingerprint density at radius 1 is 1.22 bits per heavy atom. The number of nitrogens with zero attached hydrogens (tertiary/aromatic N) is 2. The van der Waals surface area contributed by atoms with E-state index < -0.39 is 0 Å². The largest absolute Gasteiger partial charge is 0.487 e. The number of aryl methyl sites for hydroxylation is 2. The Bertz CT molecular complexity index is 694. The van der Waals surface area contributed by atoms with E-state index in [4.69, 9.17) is 4.74 Å². The summed E-state index contributed by atoms with van der Waals surface area (Å²) in [5.74, 6) is 1.77. The first-order valence-electron chi connectivity index (χ1n) is 10.2. The molecular weight excluding hydrogens is 334 g/mol. The van der Waals surface area contributed by atoms with E-state index in [9.17, 15) is 0 Å². The maximum absolute atomic E-state index is 6.04. The second kappa shape index (κ2) is 9.86. The standard InChI is InChI=1S/C23H33N3O/c1-4-10-26-11-8-20(16-26)14-24-15-21-12-18(2)23(19(3)13-21)27-17-22-7-5-6-9-25-22/h5-7,9,12-13,20,24H,4,8,10-11,14-17H2,1-3H3. The van der Waals surface area contributed by atoms with Gasteiger partial charge in [0.2, 0.25) is 0 Å². The van der Waals surface area contributed by atoms with Crippen molar-refractivity contribution in [2.75, 3.05) is 26.2 Å². The summed E-state index contributed by atoms with van der Waals surface area (Å²) in [6, 6.07) is 10.4. The van der Waals surface area contributed by atoms with Crippen molar-refractivity contribution in [3.8, 4) is 5.75 Å². The van der Waals surface area contributed by atoms with Gasteiger partial charge in [-0.25, -0.2) is 0 Å². The molecule has 4 nitrogen and oxygen atoms in total. The van der Waals surface area contributed by atoms with Crippen molar-refractivity contribution < 1.29 is 4.74 Å². The Labute approximate surface area is 164 Å². The van der Waals surface area contributed by atoms with E-state index in [1.165, 1.54) is 49.2 Å². The number of likely N-dealkylation sites (tertiary alicyclic amines) is 1. The molecule has 2 heterocycles. The Kier molecular flexibility index (Phi) is 7.25. The molecule has 27 heavy (non-hydrogen) atoms. The van der Waals surface area contributed by atoms with Gasteiger partial charge >= 0.3 is 0 Å². The highest BCUT2D eigenvalue weighted by atomic mass is 16.5. The fourth-order valence-electron chi connectivity index (χ4n) is 4.02. The van der Waals surface area contributed by atoms with Crippen LogP contribution in [0.15, 0.2) is 36.5 Å². The second-order valence-electron chi connectivity index (χ2n) is 7.75. The molecule has 1 aromatic heterocycles. The van der Waals surface area contributed by atoms with Crippen LogP contribution in [-0.2, 0) is 13.2 Å². The maximum atomic E-state index is 6.04. The fraction of sp³-hybridized carbons (Fsp3) is 0.522. The molecule has 1 saturated heterocycles. The van der Waals surface area contributed by atoms with Gasteiger partial charge in [0, 0.05) is 19.3 Å². The van der Waals surface area contributed by atoms with Crippen LogP contribution in [-0.4, -0.2) is 36.1 Å². The van der Waals surface area contributed by atoms with Crippen LogP contribution in [0.1, 0.15) is 42.1 Å². The van der Waals surface area contributed by atoms with Crippen LogP contribution in [0.2, 0.25) is 0 Å². The number of hydrogen-bond acceptors (Lipinski definition) is 4. The van der Waals surface area contributed by atoms with Gasteiger partial charge in [-0.15, -0.1) is 0 Å². The number of nitrogens with one attached hydrogen (secondary N) is 1. The van der Waals surface area contributed by atoms with Crippen molar-refractivity contribution in [3.63, 3.8) is 0 Å². The lowest BCUT2D eigenvalue weighted by Crippen LogP contribution is -2.26. The molecule has 0 aliphatic carbocycles. The van der Waals surface area contributed by atoms with Crippen LogP contribution in [0, 0.1) is 19.8 Å². The molecular formula is C23H33N3O. The van der Waals surface area contributed by atoms with Gasteiger partial charge in [0.05, 0.1) is 5.69 Å². The van der Waals surface area contributed by atoms with Crippen LogP contribution < -0.4 is 10.1 Å². The molecule has 0 amide bonds. The lowest BCUT2D eigenvalue weighted by atomic mass is 10.0. The Balaban J connectivity index is 1.49. The summed E-state index contributed by atoms with van der Waals surface area (Å²) in [6.45, 7) is 12.8. The molecule has 1 fully saturated rings.